The fourth-order valence-electron chi connectivity index (χ4n) is 2.14. The molecule has 0 saturated carbocycles. The molecule has 2 aromatic carbocycles. The van der Waals surface area contributed by atoms with Gasteiger partial charge in [-0.05, 0) is 29.8 Å². The van der Waals surface area contributed by atoms with Gasteiger partial charge >= 0.3 is 6.18 Å². The van der Waals surface area contributed by atoms with E-state index in [0.717, 1.165) is 30.3 Å². The quantitative estimate of drug-likeness (QED) is 0.653. The van der Waals surface area contributed by atoms with Crippen molar-refractivity contribution >= 4 is 0 Å². The van der Waals surface area contributed by atoms with E-state index in [2.05, 4.69) is 10.1 Å². The molecule has 8 heteroatoms. The number of aromatic nitrogens is 2. The third-order valence-electron chi connectivity index (χ3n) is 3.22. The Morgan fingerprint density at radius 1 is 0.917 bits per heavy atom. The van der Waals surface area contributed by atoms with Crippen molar-refractivity contribution in [2.45, 2.75) is 12.6 Å². The van der Waals surface area contributed by atoms with Crippen LogP contribution in [-0.2, 0) is 12.6 Å². The van der Waals surface area contributed by atoms with Gasteiger partial charge in [0.25, 0.3) is 0 Å². The van der Waals surface area contributed by atoms with Crippen molar-refractivity contribution in [2.75, 3.05) is 0 Å². The molecule has 3 rings (SSSR count). The summed E-state index contributed by atoms with van der Waals surface area (Å²) in [6, 6.07) is 7.26. The Morgan fingerprint density at radius 3 is 2.12 bits per heavy atom. The summed E-state index contributed by atoms with van der Waals surface area (Å²) in [5.74, 6) is -1.27. The van der Waals surface area contributed by atoms with Crippen molar-refractivity contribution in [3.05, 3.63) is 71.1 Å². The number of hydrogen-bond acceptors (Lipinski definition) is 3. The van der Waals surface area contributed by atoms with Gasteiger partial charge in [0, 0.05) is 11.6 Å². The van der Waals surface area contributed by atoms with Crippen LogP contribution in [0.25, 0.3) is 11.4 Å². The second-order valence-electron chi connectivity index (χ2n) is 5.04. The lowest BCUT2D eigenvalue weighted by atomic mass is 10.1. The van der Waals surface area contributed by atoms with Gasteiger partial charge < -0.3 is 4.52 Å². The van der Waals surface area contributed by atoms with Crippen LogP contribution in [0.5, 0.6) is 0 Å². The second-order valence-corrected chi connectivity index (χ2v) is 5.04. The summed E-state index contributed by atoms with van der Waals surface area (Å²) in [6.45, 7) is 0. The lowest BCUT2D eigenvalue weighted by Crippen LogP contribution is -2.04. The summed E-state index contributed by atoms with van der Waals surface area (Å²) >= 11 is 0. The van der Waals surface area contributed by atoms with E-state index in [9.17, 15) is 22.0 Å². The Bertz CT molecular complexity index is 835. The Hall–Kier alpha value is -2.77. The molecule has 3 nitrogen and oxygen atoms in total. The van der Waals surface area contributed by atoms with Crippen molar-refractivity contribution in [1.82, 2.24) is 10.1 Å². The molecule has 0 unspecified atom stereocenters. The summed E-state index contributed by atoms with van der Waals surface area (Å²) < 4.78 is 68.8. The molecule has 0 spiro atoms. The molecule has 0 bridgehead atoms. The Balaban J connectivity index is 1.80. The molecule has 0 atom stereocenters. The van der Waals surface area contributed by atoms with Crippen LogP contribution < -0.4 is 0 Å². The highest BCUT2D eigenvalue weighted by Crippen LogP contribution is 2.30. The average Bonchev–Trinajstić information content (AvgIpc) is 2.94. The number of nitrogens with zero attached hydrogens (tertiary/aromatic N) is 2. The van der Waals surface area contributed by atoms with Crippen molar-refractivity contribution in [2.24, 2.45) is 0 Å². The number of alkyl halides is 3. The maximum Gasteiger partial charge on any atom is 0.416 e. The van der Waals surface area contributed by atoms with Crippen LogP contribution >= 0.6 is 0 Å². The zero-order chi connectivity index (χ0) is 17.3. The topological polar surface area (TPSA) is 38.9 Å². The molecule has 0 aliphatic carbocycles. The molecular formula is C16H9F5N2O. The third-order valence-corrected chi connectivity index (χ3v) is 3.22. The van der Waals surface area contributed by atoms with Gasteiger partial charge in [0.2, 0.25) is 11.7 Å². The van der Waals surface area contributed by atoms with Crippen LogP contribution in [-0.4, -0.2) is 10.1 Å². The highest BCUT2D eigenvalue weighted by atomic mass is 19.4. The molecule has 124 valence electrons. The van der Waals surface area contributed by atoms with Crippen molar-refractivity contribution in [1.29, 1.82) is 0 Å². The lowest BCUT2D eigenvalue weighted by molar-refractivity contribution is -0.137. The lowest BCUT2D eigenvalue weighted by Gasteiger charge is -2.05. The number of hydrogen-bond donors (Lipinski definition) is 0. The molecule has 0 amide bonds. The molecule has 0 aliphatic rings. The summed E-state index contributed by atoms with van der Waals surface area (Å²) in [7, 11) is 0. The number of rotatable bonds is 3. The summed E-state index contributed by atoms with van der Waals surface area (Å²) in [5.41, 5.74) is -0.149. The van der Waals surface area contributed by atoms with Gasteiger partial charge in [-0.3, -0.25) is 0 Å². The van der Waals surface area contributed by atoms with Crippen LogP contribution in [0, 0.1) is 11.6 Å². The van der Waals surface area contributed by atoms with E-state index in [1.165, 1.54) is 12.1 Å². The van der Waals surface area contributed by atoms with Gasteiger partial charge in [-0.2, -0.15) is 18.2 Å². The van der Waals surface area contributed by atoms with Gasteiger partial charge in [0.1, 0.15) is 11.6 Å². The molecule has 0 aliphatic heterocycles. The average molecular weight is 340 g/mol. The monoisotopic (exact) mass is 340 g/mol. The zero-order valence-electron chi connectivity index (χ0n) is 11.9. The van der Waals surface area contributed by atoms with E-state index in [-0.39, 0.29) is 18.1 Å². The van der Waals surface area contributed by atoms with Gasteiger partial charge in [-0.25, -0.2) is 8.78 Å². The first kappa shape index (κ1) is 16.1. The van der Waals surface area contributed by atoms with E-state index in [1.54, 1.807) is 0 Å². The molecule has 24 heavy (non-hydrogen) atoms. The highest BCUT2D eigenvalue weighted by Gasteiger charge is 2.30. The van der Waals surface area contributed by atoms with Crippen LogP contribution in [0.1, 0.15) is 17.0 Å². The predicted molar refractivity (Wildman–Crippen MR) is 73.9 cm³/mol. The Morgan fingerprint density at radius 2 is 1.54 bits per heavy atom. The minimum atomic E-state index is -4.43. The highest BCUT2D eigenvalue weighted by molar-refractivity contribution is 5.54. The zero-order valence-corrected chi connectivity index (χ0v) is 11.9. The van der Waals surface area contributed by atoms with Gasteiger partial charge in [-0.1, -0.05) is 17.3 Å². The molecular weight excluding hydrogens is 331 g/mol. The van der Waals surface area contributed by atoms with E-state index >= 15 is 0 Å². The Kier molecular flexibility index (Phi) is 4.04. The number of benzene rings is 2. The predicted octanol–water partition coefficient (Wildman–Crippen LogP) is 4.62. The fourth-order valence-corrected chi connectivity index (χ4v) is 2.14. The normalized spacial score (nSPS) is 11.7. The number of halogens is 5. The summed E-state index contributed by atoms with van der Waals surface area (Å²) in [4.78, 5) is 4.02. The smallest absolute Gasteiger partial charge is 0.339 e. The van der Waals surface area contributed by atoms with E-state index < -0.39 is 23.4 Å². The molecule has 0 radical (unpaired) electrons. The maximum absolute atomic E-state index is 13.1. The molecule has 3 aromatic rings. The second kappa shape index (κ2) is 6.03. The van der Waals surface area contributed by atoms with Crippen LogP contribution in [0.2, 0.25) is 0 Å². The molecule has 0 saturated heterocycles. The Labute approximate surface area is 132 Å². The molecule has 0 N–H and O–H groups in total. The van der Waals surface area contributed by atoms with Gasteiger partial charge in [0.05, 0.1) is 12.0 Å². The minimum Gasteiger partial charge on any atom is -0.339 e. The molecule has 1 aromatic heterocycles. The first-order chi connectivity index (χ1) is 11.3. The fraction of sp³-hybridized carbons (Fsp3) is 0.125. The first-order valence-electron chi connectivity index (χ1n) is 6.76. The van der Waals surface area contributed by atoms with Gasteiger partial charge in [-0.15, -0.1) is 0 Å². The van der Waals surface area contributed by atoms with Crippen molar-refractivity contribution in [3.8, 4) is 11.4 Å². The molecule has 1 heterocycles. The van der Waals surface area contributed by atoms with Crippen LogP contribution in [0.15, 0.2) is 47.0 Å². The van der Waals surface area contributed by atoms with Crippen molar-refractivity contribution < 1.29 is 26.5 Å². The standard InChI is InChI=1S/C16H9F5N2O/c17-12-5-9(6-13(18)8-12)7-14-22-15(23-24-14)10-1-3-11(4-2-10)16(19,20)21/h1-6,8H,7H2. The minimum absolute atomic E-state index is 0.00230. The van der Waals surface area contributed by atoms with E-state index in [1.807, 2.05) is 0 Å². The maximum atomic E-state index is 13.1. The van der Waals surface area contributed by atoms with Crippen LogP contribution in [0.3, 0.4) is 0 Å². The largest absolute Gasteiger partial charge is 0.416 e. The van der Waals surface area contributed by atoms with E-state index in [4.69, 9.17) is 4.52 Å². The summed E-state index contributed by atoms with van der Waals surface area (Å²) in [5, 5.41) is 3.66. The third kappa shape index (κ3) is 3.58. The first-order valence-corrected chi connectivity index (χ1v) is 6.76. The van der Waals surface area contributed by atoms with Crippen molar-refractivity contribution in [3.63, 3.8) is 0 Å². The van der Waals surface area contributed by atoms with Gasteiger partial charge in [0.15, 0.2) is 0 Å². The van der Waals surface area contributed by atoms with E-state index in [0.29, 0.717) is 11.1 Å². The van der Waals surface area contributed by atoms with Crippen LogP contribution in [0.4, 0.5) is 22.0 Å². The SMILES string of the molecule is Fc1cc(F)cc(Cc2nc(-c3ccc(C(F)(F)F)cc3)no2)c1. The molecule has 0 fully saturated rings. The summed E-state index contributed by atoms with van der Waals surface area (Å²) in [6.07, 6.45) is -4.43.